The van der Waals surface area contributed by atoms with Gasteiger partial charge in [0.1, 0.15) is 16.9 Å². The third-order valence-electron chi connectivity index (χ3n) is 4.46. The number of anilines is 1. The maximum Gasteiger partial charge on any atom is 0.349 e. The second-order valence-corrected chi connectivity index (χ2v) is 6.73. The Morgan fingerprint density at radius 3 is 2.68 bits per heavy atom. The van der Waals surface area contributed by atoms with Gasteiger partial charge < -0.3 is 20.2 Å². The van der Waals surface area contributed by atoms with E-state index >= 15 is 0 Å². The Kier molecular flexibility index (Phi) is 6.02. The molecule has 1 aromatic heterocycles. The SMILES string of the molecule is CCCc1c(OC)ccc2cc(C(=O)Nc3ccc(CN)c(Cl)c3)c(=O)oc12. The Balaban J connectivity index is 1.99. The van der Waals surface area contributed by atoms with Crippen LogP contribution in [0.2, 0.25) is 5.02 Å². The van der Waals surface area contributed by atoms with E-state index < -0.39 is 11.5 Å². The van der Waals surface area contributed by atoms with Gasteiger partial charge in [-0.3, -0.25) is 4.79 Å². The number of fused-ring (bicyclic) bond motifs is 1. The lowest BCUT2D eigenvalue weighted by Crippen LogP contribution is -2.21. The van der Waals surface area contributed by atoms with Gasteiger partial charge in [0, 0.05) is 28.2 Å². The molecule has 0 aliphatic heterocycles. The minimum Gasteiger partial charge on any atom is -0.496 e. The Bertz CT molecular complexity index is 1090. The smallest absolute Gasteiger partial charge is 0.349 e. The molecule has 6 nitrogen and oxygen atoms in total. The highest BCUT2D eigenvalue weighted by molar-refractivity contribution is 6.31. The van der Waals surface area contributed by atoms with E-state index in [4.69, 9.17) is 26.5 Å². The summed E-state index contributed by atoms with van der Waals surface area (Å²) in [4.78, 5) is 25.1. The quantitative estimate of drug-likeness (QED) is 0.607. The first kappa shape index (κ1) is 19.9. The highest BCUT2D eigenvalue weighted by atomic mass is 35.5. The average molecular weight is 401 g/mol. The monoisotopic (exact) mass is 400 g/mol. The molecule has 0 radical (unpaired) electrons. The van der Waals surface area contributed by atoms with Crippen molar-refractivity contribution in [1.82, 2.24) is 0 Å². The lowest BCUT2D eigenvalue weighted by Gasteiger charge is -2.11. The first-order valence-corrected chi connectivity index (χ1v) is 9.29. The van der Waals surface area contributed by atoms with Crippen LogP contribution >= 0.6 is 11.6 Å². The van der Waals surface area contributed by atoms with E-state index in [1.54, 1.807) is 37.4 Å². The van der Waals surface area contributed by atoms with Crippen LogP contribution in [0.5, 0.6) is 5.75 Å². The van der Waals surface area contributed by atoms with E-state index in [1.165, 1.54) is 6.07 Å². The van der Waals surface area contributed by atoms with E-state index in [-0.39, 0.29) is 5.56 Å². The average Bonchev–Trinajstić information content (AvgIpc) is 2.68. The first-order valence-electron chi connectivity index (χ1n) is 8.92. The lowest BCUT2D eigenvalue weighted by molar-refractivity contribution is 0.102. The summed E-state index contributed by atoms with van der Waals surface area (Å²) in [5.74, 6) is 0.0874. The maximum atomic E-state index is 12.6. The molecule has 1 amide bonds. The Hall–Kier alpha value is -2.83. The van der Waals surface area contributed by atoms with Crippen molar-refractivity contribution in [2.24, 2.45) is 5.73 Å². The molecule has 0 atom stereocenters. The fraction of sp³-hybridized carbons (Fsp3) is 0.238. The molecular weight excluding hydrogens is 380 g/mol. The van der Waals surface area contributed by atoms with Crippen LogP contribution in [-0.4, -0.2) is 13.0 Å². The summed E-state index contributed by atoms with van der Waals surface area (Å²) in [6.45, 7) is 2.32. The Morgan fingerprint density at radius 1 is 1.25 bits per heavy atom. The molecule has 1 heterocycles. The molecule has 3 aromatic rings. The fourth-order valence-electron chi connectivity index (χ4n) is 3.05. The first-order chi connectivity index (χ1) is 13.5. The van der Waals surface area contributed by atoms with Crippen molar-refractivity contribution in [3.63, 3.8) is 0 Å². The summed E-state index contributed by atoms with van der Waals surface area (Å²) < 4.78 is 10.9. The van der Waals surface area contributed by atoms with Crippen LogP contribution in [0, 0.1) is 0 Å². The summed E-state index contributed by atoms with van der Waals surface area (Å²) >= 11 is 6.12. The number of methoxy groups -OCH3 is 1. The molecule has 0 saturated heterocycles. The number of rotatable bonds is 6. The van der Waals surface area contributed by atoms with Gasteiger partial charge in [-0.2, -0.15) is 0 Å². The zero-order valence-electron chi connectivity index (χ0n) is 15.7. The molecule has 0 spiro atoms. The normalized spacial score (nSPS) is 10.9. The van der Waals surface area contributed by atoms with Crippen LogP contribution in [0.15, 0.2) is 45.6 Å². The van der Waals surface area contributed by atoms with Gasteiger partial charge in [-0.1, -0.05) is 31.0 Å². The predicted octanol–water partition coefficient (Wildman–Crippen LogP) is 4.12. The summed E-state index contributed by atoms with van der Waals surface area (Å²) in [5, 5.41) is 3.77. The molecule has 146 valence electrons. The number of ether oxygens (including phenoxy) is 1. The van der Waals surface area contributed by atoms with Crippen molar-refractivity contribution in [2.45, 2.75) is 26.3 Å². The van der Waals surface area contributed by atoms with Gasteiger partial charge in [-0.25, -0.2) is 4.79 Å². The number of halogens is 1. The standard InChI is InChI=1S/C21H21ClN2O4/c1-3-4-15-18(27-2)8-6-12-9-16(21(26)28-19(12)15)20(25)24-14-7-5-13(11-23)17(22)10-14/h5-10H,3-4,11,23H2,1-2H3,(H,24,25). The molecule has 0 fully saturated rings. The second kappa shape index (κ2) is 8.46. The van der Waals surface area contributed by atoms with Crippen molar-refractivity contribution in [1.29, 1.82) is 0 Å². The molecule has 3 rings (SSSR count). The lowest BCUT2D eigenvalue weighted by atomic mass is 10.0. The third kappa shape index (κ3) is 3.88. The number of hydrogen-bond acceptors (Lipinski definition) is 5. The van der Waals surface area contributed by atoms with Gasteiger partial charge in [0.25, 0.3) is 5.91 Å². The minimum atomic E-state index is -0.708. The van der Waals surface area contributed by atoms with E-state index in [0.29, 0.717) is 40.4 Å². The summed E-state index contributed by atoms with van der Waals surface area (Å²) in [7, 11) is 1.57. The van der Waals surface area contributed by atoms with Crippen molar-refractivity contribution in [3.05, 3.63) is 68.5 Å². The maximum absolute atomic E-state index is 12.6. The number of nitrogens with one attached hydrogen (secondary N) is 1. The second-order valence-electron chi connectivity index (χ2n) is 6.33. The zero-order valence-corrected chi connectivity index (χ0v) is 16.4. The van der Waals surface area contributed by atoms with Crippen LogP contribution in [0.4, 0.5) is 5.69 Å². The number of amides is 1. The fourth-order valence-corrected chi connectivity index (χ4v) is 3.31. The van der Waals surface area contributed by atoms with Gasteiger partial charge in [-0.05, 0) is 42.3 Å². The molecule has 0 bridgehead atoms. The predicted molar refractivity (Wildman–Crippen MR) is 110 cm³/mol. The van der Waals surface area contributed by atoms with Crippen LogP contribution in [0.1, 0.15) is 34.8 Å². The zero-order chi connectivity index (χ0) is 20.3. The third-order valence-corrected chi connectivity index (χ3v) is 4.81. The van der Waals surface area contributed by atoms with Gasteiger partial charge in [-0.15, -0.1) is 0 Å². The number of hydrogen-bond donors (Lipinski definition) is 2. The van der Waals surface area contributed by atoms with Crippen molar-refractivity contribution in [2.75, 3.05) is 12.4 Å². The summed E-state index contributed by atoms with van der Waals surface area (Å²) in [5.41, 5.74) is 7.28. The number of nitrogens with two attached hydrogens (primary N) is 1. The number of carbonyl (C=O) groups excluding carboxylic acids is 1. The molecule has 7 heteroatoms. The highest BCUT2D eigenvalue weighted by Crippen LogP contribution is 2.29. The van der Waals surface area contributed by atoms with E-state index in [2.05, 4.69) is 5.32 Å². The van der Waals surface area contributed by atoms with Crippen LogP contribution in [-0.2, 0) is 13.0 Å². The van der Waals surface area contributed by atoms with Crippen LogP contribution < -0.4 is 21.4 Å². The molecule has 2 aromatic carbocycles. The van der Waals surface area contributed by atoms with Crippen LogP contribution in [0.3, 0.4) is 0 Å². The number of carbonyl (C=O) groups is 1. The van der Waals surface area contributed by atoms with Gasteiger partial charge >= 0.3 is 5.63 Å². The molecule has 0 unspecified atom stereocenters. The largest absolute Gasteiger partial charge is 0.496 e. The van der Waals surface area contributed by atoms with Crippen molar-refractivity contribution in [3.8, 4) is 5.75 Å². The summed E-state index contributed by atoms with van der Waals surface area (Å²) in [6.07, 6.45) is 1.56. The minimum absolute atomic E-state index is 0.0841. The highest BCUT2D eigenvalue weighted by Gasteiger charge is 2.17. The number of benzene rings is 2. The van der Waals surface area contributed by atoms with Gasteiger partial charge in [0.05, 0.1) is 7.11 Å². The topological polar surface area (TPSA) is 94.6 Å². The molecule has 0 aliphatic carbocycles. The van der Waals surface area contributed by atoms with Crippen molar-refractivity contribution < 1.29 is 13.9 Å². The van der Waals surface area contributed by atoms with Gasteiger partial charge in [0.2, 0.25) is 0 Å². The summed E-state index contributed by atoms with van der Waals surface area (Å²) in [6, 6.07) is 10.1. The Labute approximate surface area is 167 Å². The van der Waals surface area contributed by atoms with E-state index in [0.717, 1.165) is 17.5 Å². The number of aryl methyl sites for hydroxylation is 1. The molecule has 3 N–H and O–H groups in total. The molecule has 28 heavy (non-hydrogen) atoms. The molecule has 0 saturated carbocycles. The molecular formula is C21H21ClN2O4. The van der Waals surface area contributed by atoms with E-state index in [1.807, 2.05) is 6.92 Å². The van der Waals surface area contributed by atoms with E-state index in [9.17, 15) is 9.59 Å². The van der Waals surface area contributed by atoms with Crippen LogP contribution in [0.25, 0.3) is 11.0 Å². The van der Waals surface area contributed by atoms with Gasteiger partial charge in [0.15, 0.2) is 0 Å². The Morgan fingerprint density at radius 2 is 2.04 bits per heavy atom. The molecule has 0 aliphatic rings. The van der Waals surface area contributed by atoms with Crippen molar-refractivity contribution >= 4 is 34.2 Å².